The molecule has 66 heavy (non-hydrogen) atoms. The molecule has 14 nitrogen and oxygen atoms in total. The van der Waals surface area contributed by atoms with E-state index >= 15 is 0 Å². The van der Waals surface area contributed by atoms with Gasteiger partial charge in [-0.25, -0.2) is 45.3 Å². The zero-order chi connectivity index (χ0) is 46.6. The summed E-state index contributed by atoms with van der Waals surface area (Å²) in [5.74, 6) is -4.54. The Morgan fingerprint density at radius 2 is 0.879 bits per heavy atom. The van der Waals surface area contributed by atoms with Crippen molar-refractivity contribution >= 4 is 56.5 Å². The Kier molecular flexibility index (Phi) is 12.3. The third-order valence-corrected chi connectivity index (χ3v) is 13.8. The molecule has 2 fully saturated rings. The molecule has 5 atom stereocenters. The van der Waals surface area contributed by atoms with Crippen LogP contribution >= 0.6 is 23.1 Å². The predicted octanol–water partition coefficient (Wildman–Crippen LogP) is 9.09. The maximum Gasteiger partial charge on any atom is 0.243 e. The molecule has 0 spiro atoms. The summed E-state index contributed by atoms with van der Waals surface area (Å²) in [6, 6.07) is 11.0. The van der Waals surface area contributed by atoms with Crippen molar-refractivity contribution in [1.29, 1.82) is 0 Å². The maximum atomic E-state index is 14.4. The Labute approximate surface area is 383 Å². The van der Waals surface area contributed by atoms with Gasteiger partial charge in [-0.05, 0) is 86.1 Å². The molecule has 1 unspecified atom stereocenters. The molecule has 8 aromatic rings. The van der Waals surface area contributed by atoms with Crippen LogP contribution in [0.1, 0.15) is 39.3 Å². The van der Waals surface area contributed by atoms with Crippen molar-refractivity contribution in [1.82, 2.24) is 47.9 Å². The summed E-state index contributed by atoms with van der Waals surface area (Å²) in [6.07, 6.45) is 3.37. The monoisotopic (exact) mass is 946 g/mol. The lowest BCUT2D eigenvalue weighted by atomic mass is 9.86. The van der Waals surface area contributed by atoms with Gasteiger partial charge in [0, 0.05) is 96.0 Å². The quantitative estimate of drug-likeness (QED) is 0.111. The number of hydrogen-bond donors (Lipinski definition) is 2. The molecule has 0 amide bonds. The Balaban J connectivity index is 0.000000166. The highest BCUT2D eigenvalue weighted by atomic mass is 32.1. The number of benzene rings is 2. The highest BCUT2D eigenvalue weighted by molar-refractivity contribution is 7.10. The first-order valence-corrected chi connectivity index (χ1v) is 22.8. The summed E-state index contributed by atoms with van der Waals surface area (Å²) in [7, 11) is 0. The van der Waals surface area contributed by atoms with Crippen LogP contribution in [0.3, 0.4) is 0 Å². The van der Waals surface area contributed by atoms with E-state index in [1.807, 2.05) is 13.8 Å². The van der Waals surface area contributed by atoms with Gasteiger partial charge < -0.3 is 20.4 Å². The number of halogens is 6. The largest absolute Gasteiger partial charge is 0.350 e. The van der Waals surface area contributed by atoms with Gasteiger partial charge in [0.15, 0.2) is 46.2 Å². The third-order valence-electron chi connectivity index (χ3n) is 12.0. The van der Waals surface area contributed by atoms with E-state index in [1.54, 1.807) is 36.7 Å². The fraction of sp³-hybridized carbons (Fsp3) is 0.364. The molecular weight excluding hydrogens is 903 g/mol. The molecule has 2 aromatic carbocycles. The number of aryl methyl sites for hydroxylation is 2. The van der Waals surface area contributed by atoms with Crippen LogP contribution in [-0.4, -0.2) is 86.2 Å². The van der Waals surface area contributed by atoms with Gasteiger partial charge in [0.25, 0.3) is 0 Å². The average Bonchev–Trinajstić information content (AvgIpc) is 4.11. The van der Waals surface area contributed by atoms with Crippen molar-refractivity contribution in [2.75, 3.05) is 46.6 Å². The molecule has 0 bridgehead atoms. The lowest BCUT2D eigenvalue weighted by Crippen LogP contribution is -2.50. The van der Waals surface area contributed by atoms with Crippen molar-refractivity contribution in [3.63, 3.8) is 0 Å². The first kappa shape index (κ1) is 44.8. The molecule has 2 aliphatic heterocycles. The molecule has 8 heterocycles. The Bertz CT molecular complexity index is 2820. The average molecular weight is 947 g/mol. The van der Waals surface area contributed by atoms with E-state index in [9.17, 15) is 26.3 Å². The fourth-order valence-corrected chi connectivity index (χ4v) is 10.3. The van der Waals surface area contributed by atoms with Crippen LogP contribution in [0.2, 0.25) is 0 Å². The van der Waals surface area contributed by atoms with Crippen LogP contribution in [-0.2, 0) is 0 Å². The van der Waals surface area contributed by atoms with Gasteiger partial charge in [0.05, 0.1) is 0 Å². The van der Waals surface area contributed by atoms with Gasteiger partial charge in [-0.2, -0.15) is 18.7 Å². The summed E-state index contributed by atoms with van der Waals surface area (Å²) in [5.41, 5.74) is 1.23. The fourth-order valence-electron chi connectivity index (χ4n) is 8.95. The minimum absolute atomic E-state index is 0.0687. The summed E-state index contributed by atoms with van der Waals surface area (Å²) in [5, 5.41) is 17.7. The highest BCUT2D eigenvalue weighted by Gasteiger charge is 2.36. The Morgan fingerprint density at radius 1 is 0.500 bits per heavy atom. The lowest BCUT2D eigenvalue weighted by Gasteiger charge is -2.41. The number of nitrogens with one attached hydrogen (secondary N) is 2. The second kappa shape index (κ2) is 18.1. The molecule has 22 heteroatoms. The minimum atomic E-state index is -1.51. The zero-order valence-corrected chi connectivity index (χ0v) is 38.1. The van der Waals surface area contributed by atoms with Gasteiger partial charge in [-0.3, -0.25) is 0 Å². The molecule has 2 N–H and O–H groups in total. The van der Waals surface area contributed by atoms with E-state index in [2.05, 4.69) is 87.0 Å². The van der Waals surface area contributed by atoms with E-state index in [0.717, 1.165) is 60.2 Å². The maximum absolute atomic E-state index is 14.4. The van der Waals surface area contributed by atoms with Crippen molar-refractivity contribution in [2.45, 2.75) is 53.6 Å². The smallest absolute Gasteiger partial charge is 0.243 e. The van der Waals surface area contributed by atoms with E-state index in [-0.39, 0.29) is 46.9 Å². The Hall–Kier alpha value is -6.42. The summed E-state index contributed by atoms with van der Waals surface area (Å²) < 4.78 is 94.9. The number of aromatic nitrogens is 10. The second-order valence-corrected chi connectivity index (χ2v) is 18.5. The molecule has 0 saturated carbocycles. The topological polar surface area (TPSA) is 142 Å². The summed E-state index contributed by atoms with van der Waals surface area (Å²) in [4.78, 5) is 22.6. The van der Waals surface area contributed by atoms with Gasteiger partial charge in [-0.15, -0.1) is 10.2 Å². The van der Waals surface area contributed by atoms with E-state index in [1.165, 1.54) is 44.2 Å². The predicted molar refractivity (Wildman–Crippen MR) is 242 cm³/mol. The summed E-state index contributed by atoms with van der Waals surface area (Å²) >= 11 is 2.81. The van der Waals surface area contributed by atoms with Crippen LogP contribution in [0.15, 0.2) is 60.9 Å². The standard InChI is InChI=1S/2C22H22F3N7S/c2*1-11-9-31(22-26-13(3)30-33-22)10-12(2)19(11)27-21-28-20-15(5-4-8-32(20)29-21)14-6-7-16(23)18(25)17(14)24/h2*4-8,11-12,19H,9-10H2,1-3H3,(H,27,29)/t11-,12+,19?;11-,12-/m.0/s1. The second-order valence-electron chi connectivity index (χ2n) is 17.0. The highest BCUT2D eigenvalue weighted by Crippen LogP contribution is 2.34. The number of pyridine rings is 2. The van der Waals surface area contributed by atoms with Crippen LogP contribution in [0, 0.1) is 72.4 Å². The molecule has 6 aromatic heterocycles. The van der Waals surface area contributed by atoms with E-state index < -0.39 is 34.9 Å². The van der Waals surface area contributed by atoms with Crippen LogP contribution in [0.5, 0.6) is 0 Å². The Morgan fingerprint density at radius 3 is 1.23 bits per heavy atom. The number of rotatable bonds is 8. The van der Waals surface area contributed by atoms with Crippen molar-refractivity contribution in [2.24, 2.45) is 23.7 Å². The normalized spacial score (nSPS) is 20.2. The number of anilines is 4. The van der Waals surface area contributed by atoms with Crippen molar-refractivity contribution in [3.8, 4) is 22.3 Å². The number of piperidine rings is 2. The molecule has 2 aliphatic rings. The molecule has 344 valence electrons. The molecule has 10 rings (SSSR count). The van der Waals surface area contributed by atoms with Crippen molar-refractivity contribution in [3.05, 3.63) is 107 Å². The van der Waals surface area contributed by atoms with Crippen molar-refractivity contribution < 1.29 is 26.3 Å². The van der Waals surface area contributed by atoms with Crippen LogP contribution in [0.4, 0.5) is 48.5 Å². The van der Waals surface area contributed by atoms with E-state index in [0.29, 0.717) is 34.3 Å². The van der Waals surface area contributed by atoms with Gasteiger partial charge in [-0.1, -0.05) is 27.7 Å². The summed E-state index contributed by atoms with van der Waals surface area (Å²) in [6.45, 7) is 15.7. The lowest BCUT2D eigenvalue weighted by molar-refractivity contribution is 0.317. The van der Waals surface area contributed by atoms with Gasteiger partial charge in [0.2, 0.25) is 22.2 Å². The third kappa shape index (κ3) is 8.70. The van der Waals surface area contributed by atoms with Gasteiger partial charge in [0.1, 0.15) is 11.6 Å². The van der Waals surface area contributed by atoms with E-state index in [4.69, 9.17) is 0 Å². The van der Waals surface area contributed by atoms with Crippen LogP contribution < -0.4 is 20.4 Å². The SMILES string of the molecule is Cc1nsc(N2C[C@@H](C)C(Nc3nc4c(-c5ccc(F)c(F)c5F)cccn4n3)[C@@H](C)C2)n1.Cc1nsc(N2C[C@H](C)C(Nc3nc4c(-c5ccc(F)c(F)c5F)cccn4n3)[C@@H](C)C2)n1. The molecular formula is C44H44F6N14S2. The zero-order valence-electron chi connectivity index (χ0n) is 36.5. The number of nitrogens with zero attached hydrogens (tertiary/aromatic N) is 12. The molecule has 2 saturated heterocycles. The van der Waals surface area contributed by atoms with Crippen LogP contribution in [0.25, 0.3) is 33.5 Å². The van der Waals surface area contributed by atoms with Gasteiger partial charge >= 0.3 is 0 Å². The molecule has 0 aliphatic carbocycles. The molecule has 0 radical (unpaired) electrons. The first-order valence-electron chi connectivity index (χ1n) is 21.3. The first-order chi connectivity index (χ1) is 31.6. The number of fused-ring (bicyclic) bond motifs is 2. The minimum Gasteiger partial charge on any atom is -0.350 e. The number of hydrogen-bond acceptors (Lipinski definition) is 14.